The second-order valence-electron chi connectivity index (χ2n) is 6.66. The van der Waals surface area contributed by atoms with E-state index in [0.717, 1.165) is 5.56 Å². The summed E-state index contributed by atoms with van der Waals surface area (Å²) in [5, 5.41) is 0.441. The minimum absolute atomic E-state index is 0.126. The van der Waals surface area contributed by atoms with Gasteiger partial charge in [0.1, 0.15) is 17.6 Å². The molecule has 150 valence electrons. The molecule has 0 N–H and O–H groups in total. The first-order valence-corrected chi connectivity index (χ1v) is 9.66. The quantitative estimate of drug-likeness (QED) is 0.419. The maximum absolute atomic E-state index is 12.9. The Bertz CT molecular complexity index is 1210. The van der Waals surface area contributed by atoms with E-state index in [1.807, 2.05) is 48.5 Å². The van der Waals surface area contributed by atoms with Gasteiger partial charge in [0.2, 0.25) is 6.10 Å². The highest BCUT2D eigenvalue weighted by molar-refractivity contribution is 5.83. The van der Waals surface area contributed by atoms with Gasteiger partial charge in [-0.05, 0) is 24.6 Å². The van der Waals surface area contributed by atoms with Gasteiger partial charge >= 0.3 is 5.97 Å². The third-order valence-electron chi connectivity index (χ3n) is 4.69. The maximum atomic E-state index is 12.9. The molecule has 0 spiro atoms. The zero-order valence-corrected chi connectivity index (χ0v) is 16.4. The van der Waals surface area contributed by atoms with Crippen LogP contribution in [0.1, 0.15) is 18.6 Å². The average molecular weight is 400 g/mol. The molecule has 0 fully saturated rings. The number of ether oxygens (including phenoxy) is 2. The molecule has 1 heterocycles. The summed E-state index contributed by atoms with van der Waals surface area (Å²) in [5.41, 5.74) is 2.22. The summed E-state index contributed by atoms with van der Waals surface area (Å²) in [4.78, 5) is 25.3. The summed E-state index contributed by atoms with van der Waals surface area (Å²) in [7, 11) is 0. The van der Waals surface area contributed by atoms with E-state index < -0.39 is 12.1 Å². The number of benzene rings is 3. The van der Waals surface area contributed by atoms with Crippen LogP contribution in [0, 0.1) is 0 Å². The van der Waals surface area contributed by atoms with Crippen molar-refractivity contribution >= 4 is 16.9 Å². The summed E-state index contributed by atoms with van der Waals surface area (Å²) in [6.45, 7) is 2.00. The fraction of sp³-hybridized carbons (Fsp3) is 0.120. The number of fused-ring (bicyclic) bond motifs is 1. The Morgan fingerprint density at radius 2 is 1.67 bits per heavy atom. The van der Waals surface area contributed by atoms with Gasteiger partial charge in [-0.1, -0.05) is 60.7 Å². The molecule has 3 aromatic carbocycles. The first kappa shape index (κ1) is 19.5. The standard InChI is InChI=1S/C25H20O5/c1-2-28-25(27)24(18-11-7-4-8-12-18)30-19-13-14-20-22(15-19)29-16-21(23(20)26)17-9-5-3-6-10-17/h3-16,24H,2H2,1H3/t24-/m0/s1. The normalized spacial score (nSPS) is 11.8. The fourth-order valence-corrected chi connectivity index (χ4v) is 3.23. The summed E-state index contributed by atoms with van der Waals surface area (Å²) in [6, 6.07) is 23.4. The third kappa shape index (κ3) is 3.96. The molecular formula is C25H20O5. The molecule has 4 rings (SSSR count). The predicted octanol–water partition coefficient (Wildman–Crippen LogP) is 5.14. The molecule has 0 saturated carbocycles. The van der Waals surface area contributed by atoms with Crippen LogP contribution >= 0.6 is 0 Å². The van der Waals surface area contributed by atoms with Crippen molar-refractivity contribution in [2.24, 2.45) is 0 Å². The first-order chi connectivity index (χ1) is 14.7. The summed E-state index contributed by atoms with van der Waals surface area (Å²) in [5.74, 6) is -0.0790. The molecule has 1 atom stereocenters. The van der Waals surface area contributed by atoms with Crippen LogP contribution in [0.25, 0.3) is 22.1 Å². The largest absolute Gasteiger partial charge is 0.474 e. The van der Waals surface area contributed by atoms with Gasteiger partial charge in [-0.25, -0.2) is 4.79 Å². The topological polar surface area (TPSA) is 65.7 Å². The van der Waals surface area contributed by atoms with Crippen LogP contribution in [-0.2, 0) is 9.53 Å². The predicted molar refractivity (Wildman–Crippen MR) is 114 cm³/mol. The molecule has 0 aliphatic rings. The van der Waals surface area contributed by atoms with Gasteiger partial charge in [0.25, 0.3) is 0 Å². The minimum atomic E-state index is -0.918. The zero-order chi connectivity index (χ0) is 20.9. The van der Waals surface area contributed by atoms with E-state index in [-0.39, 0.29) is 12.0 Å². The lowest BCUT2D eigenvalue weighted by molar-refractivity contribution is -0.151. The van der Waals surface area contributed by atoms with E-state index >= 15 is 0 Å². The lowest BCUT2D eigenvalue weighted by Crippen LogP contribution is -2.21. The SMILES string of the molecule is CCOC(=O)[C@@H](Oc1ccc2c(=O)c(-c3ccccc3)coc2c1)c1ccccc1. The van der Waals surface area contributed by atoms with Gasteiger partial charge < -0.3 is 13.9 Å². The fourth-order valence-electron chi connectivity index (χ4n) is 3.23. The Kier molecular flexibility index (Phi) is 5.61. The van der Waals surface area contributed by atoms with E-state index in [9.17, 15) is 9.59 Å². The Hall–Kier alpha value is -3.86. The van der Waals surface area contributed by atoms with Crippen molar-refractivity contribution in [2.45, 2.75) is 13.0 Å². The lowest BCUT2D eigenvalue weighted by atomic mass is 10.1. The molecular weight excluding hydrogens is 380 g/mol. The highest BCUT2D eigenvalue weighted by Crippen LogP contribution is 2.27. The van der Waals surface area contributed by atoms with Crippen molar-refractivity contribution in [1.29, 1.82) is 0 Å². The molecule has 0 bridgehead atoms. The van der Waals surface area contributed by atoms with Crippen molar-refractivity contribution in [2.75, 3.05) is 6.61 Å². The number of carbonyl (C=O) groups is 1. The number of esters is 1. The molecule has 5 heteroatoms. The van der Waals surface area contributed by atoms with Gasteiger partial charge in [-0.15, -0.1) is 0 Å². The molecule has 0 aliphatic heterocycles. The van der Waals surface area contributed by atoms with Gasteiger partial charge in [0, 0.05) is 11.6 Å². The Morgan fingerprint density at radius 3 is 2.37 bits per heavy atom. The van der Waals surface area contributed by atoms with Gasteiger partial charge in [-0.3, -0.25) is 4.79 Å². The summed E-state index contributed by atoms with van der Waals surface area (Å²) >= 11 is 0. The number of hydrogen-bond acceptors (Lipinski definition) is 5. The van der Waals surface area contributed by atoms with Gasteiger partial charge in [-0.2, -0.15) is 0 Å². The van der Waals surface area contributed by atoms with Crippen molar-refractivity contribution < 1.29 is 18.7 Å². The molecule has 0 amide bonds. The van der Waals surface area contributed by atoms with Crippen molar-refractivity contribution in [3.63, 3.8) is 0 Å². The number of carbonyl (C=O) groups excluding carboxylic acids is 1. The average Bonchev–Trinajstić information content (AvgIpc) is 2.79. The molecule has 0 radical (unpaired) electrons. The van der Waals surface area contributed by atoms with Crippen LogP contribution in [0.15, 0.2) is 94.3 Å². The molecule has 4 aromatic rings. The van der Waals surface area contributed by atoms with Crippen LogP contribution < -0.4 is 10.2 Å². The van der Waals surface area contributed by atoms with Crippen molar-refractivity contribution in [1.82, 2.24) is 0 Å². The highest BCUT2D eigenvalue weighted by atomic mass is 16.6. The molecule has 0 saturated heterocycles. The van der Waals surface area contributed by atoms with Crippen molar-refractivity contribution in [3.05, 3.63) is 101 Å². The second kappa shape index (κ2) is 8.66. The van der Waals surface area contributed by atoms with E-state index in [1.165, 1.54) is 6.26 Å². The summed E-state index contributed by atoms with van der Waals surface area (Å²) in [6.07, 6.45) is 0.531. The number of hydrogen-bond donors (Lipinski definition) is 0. The molecule has 1 aromatic heterocycles. The highest BCUT2D eigenvalue weighted by Gasteiger charge is 2.24. The molecule has 0 aliphatic carbocycles. The second-order valence-corrected chi connectivity index (χ2v) is 6.66. The maximum Gasteiger partial charge on any atom is 0.352 e. The zero-order valence-electron chi connectivity index (χ0n) is 16.4. The Balaban J connectivity index is 1.69. The molecule has 5 nitrogen and oxygen atoms in total. The summed E-state index contributed by atoms with van der Waals surface area (Å²) < 4.78 is 16.8. The van der Waals surface area contributed by atoms with Crippen LogP contribution in [-0.4, -0.2) is 12.6 Å². The third-order valence-corrected chi connectivity index (χ3v) is 4.69. The van der Waals surface area contributed by atoms with Crippen LogP contribution in [0.4, 0.5) is 0 Å². The van der Waals surface area contributed by atoms with Gasteiger partial charge in [0.05, 0.1) is 17.6 Å². The van der Waals surface area contributed by atoms with Crippen LogP contribution in [0.2, 0.25) is 0 Å². The monoisotopic (exact) mass is 400 g/mol. The van der Waals surface area contributed by atoms with Crippen molar-refractivity contribution in [3.8, 4) is 16.9 Å². The minimum Gasteiger partial charge on any atom is -0.474 e. The smallest absolute Gasteiger partial charge is 0.352 e. The van der Waals surface area contributed by atoms with Crippen LogP contribution in [0.3, 0.4) is 0 Å². The lowest BCUT2D eigenvalue weighted by Gasteiger charge is -2.18. The van der Waals surface area contributed by atoms with E-state index in [0.29, 0.717) is 27.8 Å². The Morgan fingerprint density at radius 1 is 0.967 bits per heavy atom. The van der Waals surface area contributed by atoms with E-state index in [1.54, 1.807) is 37.3 Å². The molecule has 0 unspecified atom stereocenters. The molecule has 30 heavy (non-hydrogen) atoms. The van der Waals surface area contributed by atoms with Crippen LogP contribution in [0.5, 0.6) is 5.75 Å². The number of rotatable bonds is 6. The Labute approximate surface area is 173 Å². The van der Waals surface area contributed by atoms with E-state index in [4.69, 9.17) is 13.9 Å². The first-order valence-electron chi connectivity index (χ1n) is 9.66. The van der Waals surface area contributed by atoms with Gasteiger partial charge in [0.15, 0.2) is 5.43 Å². The van der Waals surface area contributed by atoms with E-state index in [2.05, 4.69) is 0 Å².